The average Bonchev–Trinajstić information content (AvgIpc) is 2.99. The Balaban J connectivity index is 1.54. The molecule has 0 saturated carbocycles. The molecule has 8 heteroatoms. The quantitative estimate of drug-likeness (QED) is 0.626. The molecule has 2 heterocycles. The number of piperidine rings is 1. The third-order valence-electron chi connectivity index (χ3n) is 4.74. The van der Waals surface area contributed by atoms with Gasteiger partial charge in [0.15, 0.2) is 4.77 Å². The minimum atomic E-state index is -0.107. The molecule has 2 aromatic rings. The van der Waals surface area contributed by atoms with Crippen molar-refractivity contribution in [1.82, 2.24) is 19.7 Å². The summed E-state index contributed by atoms with van der Waals surface area (Å²) < 4.78 is 2.53. The fraction of sp³-hybridized carbons (Fsp3) is 0.368. The highest BCUT2D eigenvalue weighted by molar-refractivity contribution is 7.71. The van der Waals surface area contributed by atoms with Gasteiger partial charge in [0, 0.05) is 44.7 Å². The van der Waals surface area contributed by atoms with E-state index in [2.05, 4.69) is 15.5 Å². The third kappa shape index (κ3) is 4.71. The number of amides is 2. The number of carbonyl (C=O) groups excluding carboxylic acids is 2. The number of aromatic amines is 1. The summed E-state index contributed by atoms with van der Waals surface area (Å²) >= 11 is 5.17. The number of nitrogens with one attached hydrogen (secondary N) is 2. The van der Waals surface area contributed by atoms with Crippen molar-refractivity contribution in [2.75, 3.05) is 18.4 Å². The Bertz CT molecular complexity index is 905. The van der Waals surface area contributed by atoms with Crippen LogP contribution in [0, 0.1) is 4.77 Å². The molecule has 0 radical (unpaired) electrons. The summed E-state index contributed by atoms with van der Waals surface area (Å²) in [4.78, 5) is 25.3. The van der Waals surface area contributed by atoms with Gasteiger partial charge in [-0.3, -0.25) is 14.7 Å². The van der Waals surface area contributed by atoms with Crippen LogP contribution in [-0.4, -0.2) is 44.6 Å². The number of benzene rings is 1. The van der Waals surface area contributed by atoms with Gasteiger partial charge >= 0.3 is 0 Å². The van der Waals surface area contributed by atoms with E-state index in [4.69, 9.17) is 12.2 Å². The second-order valence-corrected chi connectivity index (χ2v) is 7.07. The summed E-state index contributed by atoms with van der Waals surface area (Å²) in [6, 6.07) is 7.36. The number of carbonyl (C=O) groups is 2. The maximum atomic E-state index is 12.4. The number of likely N-dealkylation sites (tertiary alicyclic amines) is 1. The molecule has 7 nitrogen and oxygen atoms in total. The standard InChI is InChI=1S/C19H23N5O2S/c1-13(25)20-16-6-3-14(4-7-16)5-8-17(26)24-11-9-15(10-12-24)18-21-22-19(27)23(18)2/h3-8,15H,9-12H2,1-2H3,(H,20,25)(H,22,27). The van der Waals surface area contributed by atoms with Crippen molar-refractivity contribution in [1.29, 1.82) is 0 Å². The van der Waals surface area contributed by atoms with Crippen molar-refractivity contribution in [3.8, 4) is 0 Å². The molecule has 0 atom stereocenters. The molecule has 3 rings (SSSR count). The lowest BCUT2D eigenvalue weighted by atomic mass is 9.96. The summed E-state index contributed by atoms with van der Waals surface area (Å²) in [6.07, 6.45) is 5.14. The molecular weight excluding hydrogens is 362 g/mol. The summed E-state index contributed by atoms with van der Waals surface area (Å²) in [6.45, 7) is 2.88. The summed E-state index contributed by atoms with van der Waals surface area (Å²) in [7, 11) is 1.92. The van der Waals surface area contributed by atoms with E-state index < -0.39 is 0 Å². The average molecular weight is 385 g/mol. The smallest absolute Gasteiger partial charge is 0.246 e. The third-order valence-corrected chi connectivity index (χ3v) is 5.10. The van der Waals surface area contributed by atoms with Gasteiger partial charge in [0.25, 0.3) is 0 Å². The highest BCUT2D eigenvalue weighted by Crippen LogP contribution is 2.26. The first-order valence-electron chi connectivity index (χ1n) is 8.90. The molecule has 27 heavy (non-hydrogen) atoms. The largest absolute Gasteiger partial charge is 0.339 e. The minimum absolute atomic E-state index is 0.00903. The highest BCUT2D eigenvalue weighted by atomic mass is 32.1. The number of nitrogens with zero attached hydrogens (tertiary/aromatic N) is 3. The Labute approximate surface area is 163 Å². The van der Waals surface area contributed by atoms with E-state index in [9.17, 15) is 9.59 Å². The minimum Gasteiger partial charge on any atom is -0.339 e. The molecular formula is C19H23N5O2S. The lowest BCUT2D eigenvalue weighted by molar-refractivity contribution is -0.127. The lowest BCUT2D eigenvalue weighted by Crippen LogP contribution is -2.37. The molecule has 2 amide bonds. The van der Waals surface area contributed by atoms with Crippen molar-refractivity contribution < 1.29 is 9.59 Å². The Hall–Kier alpha value is -2.74. The van der Waals surface area contributed by atoms with Crippen LogP contribution in [0.5, 0.6) is 0 Å². The predicted molar refractivity (Wildman–Crippen MR) is 107 cm³/mol. The van der Waals surface area contributed by atoms with Crippen molar-refractivity contribution in [3.05, 3.63) is 46.5 Å². The molecule has 1 fully saturated rings. The van der Waals surface area contributed by atoms with Gasteiger partial charge in [0.2, 0.25) is 11.8 Å². The first-order valence-corrected chi connectivity index (χ1v) is 9.31. The van der Waals surface area contributed by atoms with E-state index in [0.29, 0.717) is 23.8 Å². The second kappa shape index (κ2) is 8.30. The topological polar surface area (TPSA) is 83.0 Å². The molecule has 1 aliphatic rings. The van der Waals surface area contributed by atoms with Crippen LogP contribution in [-0.2, 0) is 16.6 Å². The number of rotatable bonds is 4. The first-order chi connectivity index (χ1) is 12.9. The Morgan fingerprint density at radius 3 is 2.48 bits per heavy atom. The summed E-state index contributed by atoms with van der Waals surface area (Å²) in [5.41, 5.74) is 1.65. The van der Waals surface area contributed by atoms with E-state index in [1.807, 2.05) is 40.8 Å². The van der Waals surface area contributed by atoms with Gasteiger partial charge in [-0.05, 0) is 48.8 Å². The fourth-order valence-electron chi connectivity index (χ4n) is 3.24. The lowest BCUT2D eigenvalue weighted by Gasteiger charge is -2.30. The number of anilines is 1. The van der Waals surface area contributed by atoms with Gasteiger partial charge in [-0.25, -0.2) is 0 Å². The van der Waals surface area contributed by atoms with Crippen molar-refractivity contribution >= 4 is 35.8 Å². The second-order valence-electron chi connectivity index (χ2n) is 6.68. The van der Waals surface area contributed by atoms with Gasteiger partial charge in [0.05, 0.1) is 0 Å². The molecule has 142 valence electrons. The van der Waals surface area contributed by atoms with Crippen LogP contribution in [0.2, 0.25) is 0 Å². The van der Waals surface area contributed by atoms with Gasteiger partial charge in [-0.15, -0.1) is 0 Å². The molecule has 1 aromatic carbocycles. The van der Waals surface area contributed by atoms with Gasteiger partial charge in [-0.1, -0.05) is 12.1 Å². The molecule has 2 N–H and O–H groups in total. The number of aromatic nitrogens is 3. The molecule has 1 saturated heterocycles. The fourth-order valence-corrected chi connectivity index (χ4v) is 3.38. The Morgan fingerprint density at radius 1 is 1.26 bits per heavy atom. The monoisotopic (exact) mass is 385 g/mol. The van der Waals surface area contributed by atoms with Crippen LogP contribution >= 0.6 is 12.2 Å². The molecule has 0 unspecified atom stereocenters. The van der Waals surface area contributed by atoms with Crippen molar-refractivity contribution in [2.24, 2.45) is 7.05 Å². The van der Waals surface area contributed by atoms with Crippen LogP contribution in [0.25, 0.3) is 6.08 Å². The predicted octanol–water partition coefficient (Wildman–Crippen LogP) is 2.86. The summed E-state index contributed by atoms with van der Waals surface area (Å²) in [5, 5.41) is 9.85. The van der Waals surface area contributed by atoms with E-state index >= 15 is 0 Å². The van der Waals surface area contributed by atoms with Crippen LogP contribution in [0.15, 0.2) is 30.3 Å². The van der Waals surface area contributed by atoms with Gasteiger partial charge < -0.3 is 14.8 Å². The number of hydrogen-bond donors (Lipinski definition) is 2. The molecule has 0 spiro atoms. The van der Waals surface area contributed by atoms with E-state index in [1.165, 1.54) is 6.92 Å². The zero-order chi connectivity index (χ0) is 19.4. The normalized spacial score (nSPS) is 15.3. The maximum absolute atomic E-state index is 12.4. The summed E-state index contributed by atoms with van der Waals surface area (Å²) in [5.74, 6) is 1.18. The Morgan fingerprint density at radius 2 is 1.93 bits per heavy atom. The van der Waals surface area contributed by atoms with E-state index in [1.54, 1.807) is 12.2 Å². The van der Waals surface area contributed by atoms with Crippen molar-refractivity contribution in [2.45, 2.75) is 25.7 Å². The first kappa shape index (κ1) is 19.0. The van der Waals surface area contributed by atoms with Crippen LogP contribution in [0.4, 0.5) is 5.69 Å². The number of H-pyrrole nitrogens is 1. The highest BCUT2D eigenvalue weighted by Gasteiger charge is 2.25. The molecule has 1 aromatic heterocycles. The zero-order valence-electron chi connectivity index (χ0n) is 15.4. The van der Waals surface area contributed by atoms with E-state index in [-0.39, 0.29) is 11.8 Å². The number of hydrogen-bond acceptors (Lipinski definition) is 4. The SMILES string of the molecule is CC(=O)Nc1ccc(C=CC(=O)N2CCC(c3n[nH]c(=S)n3C)CC2)cc1. The molecule has 0 aliphatic carbocycles. The maximum Gasteiger partial charge on any atom is 0.246 e. The van der Waals surface area contributed by atoms with E-state index in [0.717, 1.165) is 29.9 Å². The van der Waals surface area contributed by atoms with Crippen LogP contribution in [0.1, 0.15) is 37.1 Å². The Kier molecular flexibility index (Phi) is 5.85. The van der Waals surface area contributed by atoms with Crippen LogP contribution in [0.3, 0.4) is 0 Å². The molecule has 1 aliphatic heterocycles. The molecule has 0 bridgehead atoms. The van der Waals surface area contributed by atoms with Crippen molar-refractivity contribution in [3.63, 3.8) is 0 Å². The zero-order valence-corrected chi connectivity index (χ0v) is 16.3. The van der Waals surface area contributed by atoms with Gasteiger partial charge in [-0.2, -0.15) is 5.10 Å². The van der Waals surface area contributed by atoms with Gasteiger partial charge in [0.1, 0.15) is 5.82 Å². The van der Waals surface area contributed by atoms with Crippen LogP contribution < -0.4 is 5.32 Å².